The smallest absolute Gasteiger partial charge is 0.475 e. The maximum absolute atomic E-state index is 12.4. The molecule has 10 nitrogen and oxygen atoms in total. The minimum absolute atomic E-state index is 0.128. The van der Waals surface area contributed by atoms with E-state index in [2.05, 4.69) is 27.4 Å². The molecule has 4 N–H and O–H groups in total. The van der Waals surface area contributed by atoms with Gasteiger partial charge in [0.2, 0.25) is 10.0 Å². The first-order valence-electron chi connectivity index (χ1n) is 14.3. The maximum Gasteiger partial charge on any atom is 0.490 e. The number of carboxylic acid groups (broad SMARTS) is 1. The highest BCUT2D eigenvalue weighted by molar-refractivity contribution is 7.89. The molecule has 2 saturated heterocycles. The van der Waals surface area contributed by atoms with Crippen molar-refractivity contribution in [2.75, 3.05) is 39.1 Å². The Labute approximate surface area is 258 Å². The van der Waals surface area contributed by atoms with Gasteiger partial charge in [-0.25, -0.2) is 17.5 Å². The van der Waals surface area contributed by atoms with E-state index in [9.17, 15) is 26.4 Å². The van der Waals surface area contributed by atoms with Crippen molar-refractivity contribution in [3.8, 4) is 11.1 Å². The molecule has 0 radical (unpaired) electrons. The predicted octanol–water partition coefficient (Wildman–Crippen LogP) is 4.77. The van der Waals surface area contributed by atoms with Crippen LogP contribution in [-0.2, 0) is 26.1 Å². The Balaban J connectivity index is 0.000000566. The summed E-state index contributed by atoms with van der Waals surface area (Å²) in [7, 11) is -1.41. The van der Waals surface area contributed by atoms with Gasteiger partial charge in [0.1, 0.15) is 0 Å². The number of nitrogens with one attached hydrogen (secondary N) is 1. The van der Waals surface area contributed by atoms with E-state index in [4.69, 9.17) is 20.4 Å². The molecule has 0 unspecified atom stereocenters. The Bertz CT molecular complexity index is 1580. The number of methoxy groups -OCH3 is 1. The van der Waals surface area contributed by atoms with Crippen LogP contribution in [0.15, 0.2) is 29.8 Å². The molecule has 5 rings (SSSR count). The molecule has 1 aromatic carbocycles. The van der Waals surface area contributed by atoms with Crippen molar-refractivity contribution in [3.63, 3.8) is 0 Å². The molecule has 0 bridgehead atoms. The van der Waals surface area contributed by atoms with Crippen LogP contribution in [0.3, 0.4) is 0 Å². The summed E-state index contributed by atoms with van der Waals surface area (Å²) >= 11 is 1.74. The molecule has 3 aromatic rings. The van der Waals surface area contributed by atoms with Crippen molar-refractivity contribution in [2.24, 2.45) is 5.73 Å². The standard InChI is InChI=1S/C27H36N4O4S2.C2HF3O2/c1-3-37(33,34)31-9-6-18(7-10-31)25-14-29-26-23(25)12-19(13-24(26)27(28)32)20-11-22(36-17-20)15-30-8-4-5-21(30)16-35-2;3-2(4,5)1(6)7/h11-14,17-18,21,29H,3-10,15-16H2,1-2H3,(H2,28,32);(H,6,7)/t21-;/m1./s1. The summed E-state index contributed by atoms with van der Waals surface area (Å²) in [5.41, 5.74) is 10.2. The summed E-state index contributed by atoms with van der Waals surface area (Å²) < 4.78 is 63.4. The number of hydrogen-bond donors (Lipinski definition) is 3. The number of nitrogens with two attached hydrogens (primary N) is 1. The largest absolute Gasteiger partial charge is 0.490 e. The van der Waals surface area contributed by atoms with Crippen molar-refractivity contribution in [1.29, 1.82) is 0 Å². The van der Waals surface area contributed by atoms with E-state index in [0.29, 0.717) is 24.7 Å². The lowest BCUT2D eigenvalue weighted by Gasteiger charge is -2.31. The summed E-state index contributed by atoms with van der Waals surface area (Å²) in [5, 5.41) is 10.3. The lowest BCUT2D eigenvalue weighted by atomic mass is 9.88. The molecule has 2 fully saturated rings. The van der Waals surface area contributed by atoms with Crippen molar-refractivity contribution >= 4 is 44.1 Å². The monoisotopic (exact) mass is 658 g/mol. The summed E-state index contributed by atoms with van der Waals surface area (Å²) in [6.45, 7) is 5.47. The zero-order valence-electron chi connectivity index (χ0n) is 24.5. The number of sulfonamides is 1. The van der Waals surface area contributed by atoms with Gasteiger partial charge in [0.05, 0.1) is 23.4 Å². The second-order valence-corrected chi connectivity index (χ2v) is 14.2. The van der Waals surface area contributed by atoms with E-state index in [0.717, 1.165) is 60.1 Å². The molecule has 2 aliphatic heterocycles. The zero-order valence-corrected chi connectivity index (χ0v) is 26.2. The van der Waals surface area contributed by atoms with Crippen molar-refractivity contribution in [3.05, 3.63) is 45.8 Å². The van der Waals surface area contributed by atoms with Crippen LogP contribution >= 0.6 is 11.3 Å². The highest BCUT2D eigenvalue weighted by Crippen LogP contribution is 2.38. The van der Waals surface area contributed by atoms with Crippen LogP contribution < -0.4 is 5.73 Å². The molecule has 0 spiro atoms. The summed E-state index contributed by atoms with van der Waals surface area (Å²) in [5.74, 6) is -2.87. The first-order valence-corrected chi connectivity index (χ1v) is 16.8. The minimum Gasteiger partial charge on any atom is -0.475 e. The van der Waals surface area contributed by atoms with Gasteiger partial charge >= 0.3 is 12.1 Å². The van der Waals surface area contributed by atoms with Gasteiger partial charge in [-0.3, -0.25) is 9.69 Å². The van der Waals surface area contributed by atoms with Gasteiger partial charge in [-0.2, -0.15) is 13.2 Å². The van der Waals surface area contributed by atoms with Crippen molar-refractivity contribution in [1.82, 2.24) is 14.2 Å². The maximum atomic E-state index is 12.4. The number of carboxylic acids is 1. The molecule has 15 heteroatoms. The normalized spacial score (nSPS) is 18.8. The number of halogens is 3. The topological polar surface area (TPSA) is 146 Å². The number of piperidine rings is 1. The highest BCUT2D eigenvalue weighted by atomic mass is 32.2. The van der Waals surface area contributed by atoms with Gasteiger partial charge in [0, 0.05) is 49.2 Å². The number of aromatic amines is 1. The number of hydrogen-bond acceptors (Lipinski definition) is 7. The van der Waals surface area contributed by atoms with E-state index in [-0.39, 0.29) is 11.7 Å². The number of amides is 1. The number of fused-ring (bicyclic) bond motifs is 1. The molecule has 2 aromatic heterocycles. The molecule has 44 heavy (non-hydrogen) atoms. The van der Waals surface area contributed by atoms with E-state index >= 15 is 0 Å². The van der Waals surface area contributed by atoms with Crippen LogP contribution in [0.25, 0.3) is 22.0 Å². The van der Waals surface area contributed by atoms with E-state index in [1.807, 2.05) is 12.3 Å². The molecule has 4 heterocycles. The van der Waals surface area contributed by atoms with Gasteiger partial charge in [-0.15, -0.1) is 11.3 Å². The van der Waals surface area contributed by atoms with Crippen LogP contribution in [0, 0.1) is 0 Å². The third-order valence-electron chi connectivity index (χ3n) is 8.19. The molecule has 242 valence electrons. The van der Waals surface area contributed by atoms with E-state index < -0.39 is 28.1 Å². The summed E-state index contributed by atoms with van der Waals surface area (Å²) in [6.07, 6.45) is 0.763. The number of alkyl halides is 3. The average molecular weight is 659 g/mol. The molecule has 0 saturated carbocycles. The highest BCUT2D eigenvalue weighted by Gasteiger charge is 2.38. The molecule has 1 amide bonds. The lowest BCUT2D eigenvalue weighted by molar-refractivity contribution is -0.192. The van der Waals surface area contributed by atoms with Crippen molar-refractivity contribution in [2.45, 2.75) is 57.3 Å². The van der Waals surface area contributed by atoms with E-state index in [1.165, 1.54) is 17.7 Å². The van der Waals surface area contributed by atoms with Gasteiger partial charge in [0.25, 0.3) is 5.91 Å². The number of ether oxygens (including phenoxy) is 1. The molecular formula is C29H37F3N4O6S2. The number of H-pyrrole nitrogens is 1. The average Bonchev–Trinajstić information content (AvgIpc) is 3.73. The van der Waals surface area contributed by atoms with Crippen LogP contribution in [-0.4, -0.2) is 90.9 Å². The number of aliphatic carboxylic acids is 1. The quantitative estimate of drug-likeness (QED) is 0.300. The molecule has 0 aliphatic carbocycles. The molecule has 1 atom stereocenters. The second-order valence-electron chi connectivity index (χ2n) is 11.0. The summed E-state index contributed by atoms with van der Waals surface area (Å²) in [6, 6.07) is 6.73. The first-order chi connectivity index (χ1) is 20.7. The number of benzene rings is 1. The Morgan fingerprint density at radius 1 is 1.14 bits per heavy atom. The van der Waals surface area contributed by atoms with Crippen LogP contribution in [0.4, 0.5) is 13.2 Å². The third kappa shape index (κ3) is 7.80. The fraction of sp³-hybridized carbons (Fsp3) is 0.517. The first kappa shape index (κ1) is 33.9. The second kappa shape index (κ2) is 14.0. The van der Waals surface area contributed by atoms with Gasteiger partial charge in [-0.1, -0.05) is 0 Å². The van der Waals surface area contributed by atoms with Crippen LogP contribution in [0.1, 0.15) is 59.3 Å². The van der Waals surface area contributed by atoms with Crippen LogP contribution in [0.5, 0.6) is 0 Å². The number of thiophene rings is 1. The van der Waals surface area contributed by atoms with Crippen molar-refractivity contribution < 1.29 is 41.0 Å². The predicted molar refractivity (Wildman–Crippen MR) is 162 cm³/mol. The SMILES string of the molecule is CCS(=O)(=O)N1CCC(c2c[nH]c3c(C(N)=O)cc(-c4csc(CN5CCC[C@@H]5COC)c4)cc23)CC1.O=C(O)C(F)(F)F. The Kier molecular flexibility index (Phi) is 10.8. The van der Waals surface area contributed by atoms with E-state index in [1.54, 1.807) is 29.7 Å². The molecular weight excluding hydrogens is 621 g/mol. The Morgan fingerprint density at radius 3 is 2.41 bits per heavy atom. The Morgan fingerprint density at radius 2 is 1.82 bits per heavy atom. The number of aromatic nitrogens is 1. The fourth-order valence-electron chi connectivity index (χ4n) is 5.88. The zero-order chi connectivity index (χ0) is 32.2. The number of carbonyl (C=O) groups excluding carboxylic acids is 1. The number of primary amides is 1. The fourth-order valence-corrected chi connectivity index (χ4v) is 7.93. The Hall–Kier alpha value is -2.98. The number of rotatable bonds is 9. The van der Waals surface area contributed by atoms with Gasteiger partial charge in [0.15, 0.2) is 0 Å². The number of nitrogens with zero attached hydrogens (tertiary/aromatic N) is 2. The summed E-state index contributed by atoms with van der Waals surface area (Å²) in [4.78, 5) is 28.4. The van der Waals surface area contributed by atoms with Gasteiger partial charge in [-0.05, 0) is 85.3 Å². The third-order valence-corrected chi connectivity index (χ3v) is 11.0. The van der Waals surface area contributed by atoms with Gasteiger partial charge < -0.3 is 20.6 Å². The lowest BCUT2D eigenvalue weighted by Crippen LogP contribution is -2.38. The minimum atomic E-state index is -5.08. The number of likely N-dealkylation sites (tertiary alicyclic amines) is 1. The molecule has 2 aliphatic rings. The van der Waals surface area contributed by atoms with Crippen LogP contribution in [0.2, 0.25) is 0 Å². The number of carbonyl (C=O) groups is 2.